The maximum atomic E-state index is 11.2. The Morgan fingerprint density at radius 3 is 2.23 bits per heavy atom. The van der Waals surface area contributed by atoms with Crippen molar-refractivity contribution < 1.29 is 19.4 Å². The van der Waals surface area contributed by atoms with Gasteiger partial charge in [-0.05, 0) is 6.92 Å². The van der Waals surface area contributed by atoms with Gasteiger partial charge in [-0.1, -0.05) is 13.8 Å². The van der Waals surface area contributed by atoms with Crippen LogP contribution in [0.3, 0.4) is 0 Å². The number of esters is 1. The Bertz CT molecular complexity index is 250. The summed E-state index contributed by atoms with van der Waals surface area (Å²) in [6, 6.07) is 0. The molecule has 0 radical (unpaired) electrons. The predicted molar refractivity (Wildman–Crippen MR) is 45.8 cm³/mol. The summed E-state index contributed by atoms with van der Waals surface area (Å²) in [5, 5.41) is 9.30. The largest absolute Gasteiger partial charge is 0.481 e. The van der Waals surface area contributed by atoms with E-state index in [0.29, 0.717) is 12.8 Å². The van der Waals surface area contributed by atoms with E-state index in [1.807, 2.05) is 13.8 Å². The van der Waals surface area contributed by atoms with E-state index in [-0.39, 0.29) is 11.5 Å². The Morgan fingerprint density at radius 2 is 1.85 bits per heavy atom. The number of hydrogen-bond acceptors (Lipinski definition) is 4. The fourth-order valence-electron chi connectivity index (χ4n) is 1.15. The maximum absolute atomic E-state index is 11.2. The molecule has 4 nitrogen and oxygen atoms in total. The molecule has 13 heavy (non-hydrogen) atoms. The molecule has 0 atom stereocenters. The highest BCUT2D eigenvalue weighted by atomic mass is 16.8. The standard InChI is InChI=1S/C9H14O4/c1-4-9(5-2)12-7(10)6(3)8(11)13-9/h10H,4-5H2,1-3H3. The summed E-state index contributed by atoms with van der Waals surface area (Å²) < 4.78 is 10.2. The predicted octanol–water partition coefficient (Wildman–Crippen LogP) is 1.87. The first kappa shape index (κ1) is 9.89. The summed E-state index contributed by atoms with van der Waals surface area (Å²) in [5.74, 6) is -1.80. The van der Waals surface area contributed by atoms with Gasteiger partial charge >= 0.3 is 5.97 Å². The highest BCUT2D eigenvalue weighted by molar-refractivity contribution is 5.88. The summed E-state index contributed by atoms with van der Waals surface area (Å²) in [6.07, 6.45) is 1.04. The van der Waals surface area contributed by atoms with Crippen molar-refractivity contribution in [3.05, 3.63) is 11.5 Å². The molecule has 1 aliphatic heterocycles. The van der Waals surface area contributed by atoms with E-state index in [0.717, 1.165) is 0 Å². The lowest BCUT2D eigenvalue weighted by atomic mass is 10.1. The van der Waals surface area contributed by atoms with Crippen LogP contribution in [0.1, 0.15) is 33.6 Å². The molecule has 0 aromatic rings. The molecule has 4 heteroatoms. The molecule has 0 spiro atoms. The second-order valence-corrected chi connectivity index (χ2v) is 3.04. The van der Waals surface area contributed by atoms with Gasteiger partial charge in [0.2, 0.25) is 0 Å². The number of aliphatic hydroxyl groups excluding tert-OH is 1. The van der Waals surface area contributed by atoms with E-state index in [1.54, 1.807) is 0 Å². The van der Waals surface area contributed by atoms with Crippen LogP contribution in [-0.2, 0) is 14.3 Å². The first-order valence-corrected chi connectivity index (χ1v) is 4.37. The minimum atomic E-state index is -0.972. The lowest BCUT2D eigenvalue weighted by Crippen LogP contribution is -2.41. The Morgan fingerprint density at radius 1 is 1.31 bits per heavy atom. The van der Waals surface area contributed by atoms with Gasteiger partial charge in [0.25, 0.3) is 11.7 Å². The Hall–Kier alpha value is -1.19. The van der Waals surface area contributed by atoms with Crippen LogP contribution >= 0.6 is 0 Å². The Balaban J connectivity index is 2.95. The zero-order valence-corrected chi connectivity index (χ0v) is 8.09. The molecular formula is C9H14O4. The lowest BCUT2D eigenvalue weighted by molar-refractivity contribution is -0.240. The van der Waals surface area contributed by atoms with Crippen molar-refractivity contribution in [1.82, 2.24) is 0 Å². The summed E-state index contributed by atoms with van der Waals surface area (Å²) in [7, 11) is 0. The zero-order chi connectivity index (χ0) is 10.1. The molecule has 0 saturated heterocycles. The van der Waals surface area contributed by atoms with Gasteiger partial charge in [-0.15, -0.1) is 0 Å². The van der Waals surface area contributed by atoms with Gasteiger partial charge in [0, 0.05) is 12.8 Å². The molecule has 0 fully saturated rings. The van der Waals surface area contributed by atoms with Crippen molar-refractivity contribution in [2.75, 3.05) is 0 Å². The number of hydrogen-bond donors (Lipinski definition) is 1. The molecular weight excluding hydrogens is 172 g/mol. The van der Waals surface area contributed by atoms with E-state index in [4.69, 9.17) is 9.47 Å². The molecule has 1 aliphatic rings. The molecule has 0 amide bonds. The minimum Gasteiger partial charge on any atom is -0.481 e. The van der Waals surface area contributed by atoms with Crippen molar-refractivity contribution in [1.29, 1.82) is 0 Å². The van der Waals surface area contributed by atoms with Crippen LogP contribution in [0.2, 0.25) is 0 Å². The SMILES string of the molecule is CCC1(CC)OC(=O)C(C)=C(O)O1. The average molecular weight is 186 g/mol. The first-order valence-electron chi connectivity index (χ1n) is 4.37. The van der Waals surface area contributed by atoms with Crippen molar-refractivity contribution >= 4 is 5.97 Å². The van der Waals surface area contributed by atoms with Gasteiger partial charge in [0.15, 0.2) is 0 Å². The molecule has 74 valence electrons. The van der Waals surface area contributed by atoms with Gasteiger partial charge in [-0.3, -0.25) is 0 Å². The lowest BCUT2D eigenvalue weighted by Gasteiger charge is -2.34. The van der Waals surface area contributed by atoms with Crippen LogP contribution in [0.25, 0.3) is 0 Å². The molecule has 0 aromatic heterocycles. The third kappa shape index (κ3) is 1.61. The van der Waals surface area contributed by atoms with Crippen LogP contribution in [0, 0.1) is 0 Å². The van der Waals surface area contributed by atoms with Gasteiger partial charge in [0.1, 0.15) is 5.57 Å². The number of carbonyl (C=O) groups excluding carboxylic acids is 1. The molecule has 0 saturated carbocycles. The molecule has 0 aliphatic carbocycles. The summed E-state index contributed by atoms with van der Waals surface area (Å²) in [4.78, 5) is 11.2. The third-order valence-corrected chi connectivity index (χ3v) is 2.27. The highest BCUT2D eigenvalue weighted by Crippen LogP contribution is 2.30. The fourth-order valence-corrected chi connectivity index (χ4v) is 1.15. The van der Waals surface area contributed by atoms with Crippen LogP contribution in [-0.4, -0.2) is 16.9 Å². The summed E-state index contributed by atoms with van der Waals surface area (Å²) in [6.45, 7) is 5.14. The van der Waals surface area contributed by atoms with Gasteiger partial charge < -0.3 is 14.6 Å². The van der Waals surface area contributed by atoms with Gasteiger partial charge in [-0.25, -0.2) is 4.79 Å². The number of rotatable bonds is 2. The second-order valence-electron chi connectivity index (χ2n) is 3.04. The van der Waals surface area contributed by atoms with E-state index < -0.39 is 11.8 Å². The number of cyclic esters (lactones) is 1. The molecule has 1 heterocycles. The number of ether oxygens (including phenoxy) is 2. The normalized spacial score (nSPS) is 21.0. The van der Waals surface area contributed by atoms with Crippen molar-refractivity contribution in [2.24, 2.45) is 0 Å². The smallest absolute Gasteiger partial charge is 0.344 e. The average Bonchev–Trinajstić information content (AvgIpc) is 2.13. The monoisotopic (exact) mass is 186 g/mol. The molecule has 0 aromatic carbocycles. The summed E-state index contributed by atoms with van der Waals surface area (Å²) >= 11 is 0. The van der Waals surface area contributed by atoms with Crippen LogP contribution in [0.15, 0.2) is 11.5 Å². The first-order chi connectivity index (χ1) is 6.04. The zero-order valence-electron chi connectivity index (χ0n) is 8.09. The molecule has 1 N–H and O–H groups in total. The molecule has 1 rings (SSSR count). The van der Waals surface area contributed by atoms with Crippen molar-refractivity contribution in [2.45, 2.75) is 39.4 Å². The second kappa shape index (κ2) is 3.28. The molecule has 0 bridgehead atoms. The Labute approximate surface area is 77.1 Å². The number of carbonyl (C=O) groups is 1. The van der Waals surface area contributed by atoms with Crippen molar-refractivity contribution in [3.63, 3.8) is 0 Å². The quantitative estimate of drug-likeness (QED) is 0.669. The number of aliphatic hydroxyl groups is 1. The van der Waals surface area contributed by atoms with Crippen molar-refractivity contribution in [3.8, 4) is 0 Å². The van der Waals surface area contributed by atoms with Gasteiger partial charge in [-0.2, -0.15) is 0 Å². The highest BCUT2D eigenvalue weighted by Gasteiger charge is 2.39. The van der Waals surface area contributed by atoms with E-state index in [2.05, 4.69) is 0 Å². The third-order valence-electron chi connectivity index (χ3n) is 2.27. The molecule has 0 unspecified atom stereocenters. The van der Waals surface area contributed by atoms with Gasteiger partial charge in [0.05, 0.1) is 0 Å². The van der Waals surface area contributed by atoms with E-state index >= 15 is 0 Å². The Kier molecular flexibility index (Phi) is 2.50. The fraction of sp³-hybridized carbons (Fsp3) is 0.667. The van der Waals surface area contributed by atoms with E-state index in [9.17, 15) is 9.90 Å². The van der Waals surface area contributed by atoms with E-state index in [1.165, 1.54) is 6.92 Å². The van der Waals surface area contributed by atoms with Crippen LogP contribution in [0.4, 0.5) is 0 Å². The van der Waals surface area contributed by atoms with Crippen LogP contribution in [0.5, 0.6) is 0 Å². The van der Waals surface area contributed by atoms with Crippen LogP contribution < -0.4 is 0 Å². The maximum Gasteiger partial charge on any atom is 0.344 e. The topological polar surface area (TPSA) is 55.8 Å². The minimum absolute atomic E-state index is 0.123. The summed E-state index contributed by atoms with van der Waals surface area (Å²) in [5.41, 5.74) is 0.123.